The molecule has 1 amide bonds. The molecule has 14 heteroatoms. The van der Waals surface area contributed by atoms with E-state index in [0.29, 0.717) is 12.2 Å². The van der Waals surface area contributed by atoms with Gasteiger partial charge in [0.05, 0.1) is 17.8 Å². The van der Waals surface area contributed by atoms with Gasteiger partial charge in [-0.3, -0.25) is 19.8 Å². The first-order chi connectivity index (χ1) is 22.3. The average molecular weight is 653 g/mol. The number of ether oxygens (including phenoxy) is 4. The van der Waals surface area contributed by atoms with Gasteiger partial charge < -0.3 is 40.1 Å². The van der Waals surface area contributed by atoms with Gasteiger partial charge in [0.15, 0.2) is 11.9 Å². The number of nitrogens with two attached hydrogens (primary N) is 1. The van der Waals surface area contributed by atoms with Crippen LogP contribution in [0.1, 0.15) is 64.4 Å². The van der Waals surface area contributed by atoms with Gasteiger partial charge in [0, 0.05) is 6.61 Å². The first-order valence-electron chi connectivity index (χ1n) is 15.4. The molecular weight excluding hydrogens is 608 g/mol. The van der Waals surface area contributed by atoms with E-state index in [1.165, 1.54) is 12.1 Å². The minimum atomic E-state index is -2.13. The van der Waals surface area contributed by atoms with Crippen LogP contribution in [0.3, 0.4) is 0 Å². The van der Waals surface area contributed by atoms with Gasteiger partial charge >= 0.3 is 11.9 Å². The highest BCUT2D eigenvalue weighted by molar-refractivity contribution is 6.10. The van der Waals surface area contributed by atoms with E-state index < -0.39 is 60.0 Å². The number of carbonyl (C=O) groups is 3. The van der Waals surface area contributed by atoms with Gasteiger partial charge in [-0.2, -0.15) is 5.26 Å². The number of aliphatic imine (C=N–C) groups is 1. The quantitative estimate of drug-likeness (QED) is 0.0817. The first-order valence-corrected chi connectivity index (χ1v) is 15.4. The molecule has 14 nitrogen and oxygen atoms in total. The van der Waals surface area contributed by atoms with Crippen molar-refractivity contribution >= 4 is 30.0 Å². The number of rotatable bonds is 15. The Kier molecular flexibility index (Phi) is 12.9. The number of nitrogens with one attached hydrogen (secondary N) is 3. The number of carbonyl (C=O) groups excluding carboxylic acids is 3. The number of aliphatic hydroxyl groups is 1. The fourth-order valence-electron chi connectivity index (χ4n) is 4.71. The number of aromatic nitrogens is 1. The molecule has 1 aliphatic rings. The molecule has 0 radical (unpaired) electrons. The predicted molar refractivity (Wildman–Crippen MR) is 171 cm³/mol. The van der Waals surface area contributed by atoms with Crippen LogP contribution in [-0.4, -0.2) is 83.3 Å². The normalized spacial score (nSPS) is 21.9. The summed E-state index contributed by atoms with van der Waals surface area (Å²) in [6.07, 6.45) is -2.11. The predicted octanol–water partition coefficient (Wildman–Crippen LogP) is 2.24. The molecular formula is C33H44N6O8. The lowest BCUT2D eigenvalue weighted by atomic mass is 9.92. The topological polar surface area (TPSA) is 222 Å². The van der Waals surface area contributed by atoms with E-state index in [1.54, 1.807) is 52.0 Å². The van der Waals surface area contributed by atoms with Crippen LogP contribution in [0.2, 0.25) is 0 Å². The minimum absolute atomic E-state index is 0.0280. The number of benzene rings is 1. The lowest BCUT2D eigenvalue weighted by Gasteiger charge is -2.25. The largest absolute Gasteiger partial charge is 0.463 e. The fourth-order valence-corrected chi connectivity index (χ4v) is 4.71. The first kappa shape index (κ1) is 37.0. The molecule has 0 saturated carbocycles. The molecule has 0 aliphatic carbocycles. The van der Waals surface area contributed by atoms with Crippen LogP contribution in [0.5, 0.6) is 0 Å². The van der Waals surface area contributed by atoms with E-state index in [-0.39, 0.29) is 29.6 Å². The Morgan fingerprint density at radius 1 is 1.26 bits per heavy atom. The lowest BCUT2D eigenvalue weighted by Crippen LogP contribution is -2.47. The second kappa shape index (κ2) is 16.4. The summed E-state index contributed by atoms with van der Waals surface area (Å²) >= 11 is 0. The molecule has 0 bridgehead atoms. The molecule has 1 aliphatic heterocycles. The number of aromatic amines is 1. The van der Waals surface area contributed by atoms with E-state index in [1.807, 2.05) is 19.1 Å². The Bertz CT molecular complexity index is 1470. The van der Waals surface area contributed by atoms with Gasteiger partial charge in [-0.15, -0.1) is 0 Å². The van der Waals surface area contributed by atoms with Gasteiger partial charge in [-0.1, -0.05) is 57.5 Å². The third-order valence-corrected chi connectivity index (χ3v) is 7.71. The Morgan fingerprint density at radius 3 is 2.57 bits per heavy atom. The Balaban J connectivity index is 1.89. The number of hydrogen-bond donors (Lipinski definition) is 5. The highest BCUT2D eigenvalue weighted by Gasteiger charge is 2.59. The van der Waals surface area contributed by atoms with Gasteiger partial charge in [0.2, 0.25) is 5.60 Å². The molecule has 1 aromatic heterocycles. The Morgan fingerprint density at radius 2 is 1.96 bits per heavy atom. The van der Waals surface area contributed by atoms with Crippen molar-refractivity contribution in [3.05, 3.63) is 59.4 Å². The summed E-state index contributed by atoms with van der Waals surface area (Å²) in [5, 5.41) is 32.1. The van der Waals surface area contributed by atoms with Crippen LogP contribution in [-0.2, 0) is 45.4 Å². The molecule has 6 N–H and O–H groups in total. The zero-order valence-corrected chi connectivity index (χ0v) is 27.3. The molecule has 0 unspecified atom stereocenters. The van der Waals surface area contributed by atoms with E-state index in [2.05, 4.69) is 15.3 Å². The number of H-pyrrole nitrogens is 1. The maximum absolute atomic E-state index is 13.1. The summed E-state index contributed by atoms with van der Waals surface area (Å²) < 4.78 is 22.8. The smallest absolute Gasteiger partial charge is 0.323 e. The number of unbranched alkanes of at least 4 members (excludes halogenated alkanes) is 1. The van der Waals surface area contributed by atoms with Crippen molar-refractivity contribution in [2.75, 3.05) is 13.2 Å². The lowest BCUT2D eigenvalue weighted by molar-refractivity contribution is -0.162. The minimum Gasteiger partial charge on any atom is -0.463 e. The summed E-state index contributed by atoms with van der Waals surface area (Å²) in [6, 6.07) is 12.7. The van der Waals surface area contributed by atoms with Crippen LogP contribution in [0.4, 0.5) is 0 Å². The molecule has 3 rings (SSSR count). The van der Waals surface area contributed by atoms with Crippen molar-refractivity contribution in [1.29, 1.82) is 10.7 Å². The summed E-state index contributed by atoms with van der Waals surface area (Å²) in [7, 11) is 0. The van der Waals surface area contributed by atoms with Gasteiger partial charge in [0.25, 0.3) is 5.91 Å². The van der Waals surface area contributed by atoms with Crippen molar-refractivity contribution in [2.45, 2.75) is 89.4 Å². The zero-order chi connectivity index (χ0) is 34.8. The molecule has 254 valence electrons. The van der Waals surface area contributed by atoms with Crippen LogP contribution in [0.25, 0.3) is 0 Å². The number of amidine groups is 1. The molecule has 1 saturated heterocycles. The fraction of sp³-hybridized carbons (Fsp3) is 0.515. The standard InChI is InChI=1S/C33H44N6O8/c1-6-7-15-45-32(4,5)31(43)39-29(37-19-35)22-13-14-24(38-22)33(18-34)28(41)27(46-30(42)26(36)20(2)3)23(47-33)17-44-25(40)16-21-11-9-8-10-12-21/h8-14,19-20,23,26-28,38,41H,6-7,15-17,36H2,1-5H3,(H2,35,37,39,43)/t23-,26-,27-,28-,33+/m1/s1. The zero-order valence-electron chi connectivity index (χ0n) is 27.3. The second-order valence-corrected chi connectivity index (χ2v) is 12.0. The molecule has 5 atom stereocenters. The number of amides is 1. The van der Waals surface area contributed by atoms with Crippen LogP contribution < -0.4 is 11.1 Å². The summed E-state index contributed by atoms with van der Waals surface area (Å²) in [4.78, 5) is 45.5. The molecule has 2 heterocycles. The van der Waals surface area contributed by atoms with Gasteiger partial charge in [0.1, 0.15) is 42.9 Å². The molecule has 47 heavy (non-hydrogen) atoms. The maximum atomic E-state index is 13.1. The number of hydrogen-bond acceptors (Lipinski definition) is 11. The SMILES string of the molecule is CCCCOC(C)(C)C(=O)N/C(=N/C=N)c1ccc([C@]2(C#N)O[C@H](COC(=O)Cc3ccccc3)[C@@H](OC(=O)[C@H](N)C(C)C)[C@H]2O)[nH]1. The maximum Gasteiger partial charge on any atom is 0.323 e. The third-order valence-electron chi connectivity index (χ3n) is 7.71. The summed E-state index contributed by atoms with van der Waals surface area (Å²) in [5.41, 5.74) is 3.56. The van der Waals surface area contributed by atoms with Gasteiger partial charge in [-0.05, 0) is 43.9 Å². The van der Waals surface area contributed by atoms with Crippen molar-refractivity contribution < 1.29 is 38.4 Å². The number of aliphatic hydroxyl groups excluding tert-OH is 1. The second-order valence-electron chi connectivity index (χ2n) is 12.0. The Labute approximate surface area is 274 Å². The van der Waals surface area contributed by atoms with Crippen LogP contribution in [0.15, 0.2) is 47.5 Å². The summed E-state index contributed by atoms with van der Waals surface area (Å²) in [6.45, 7) is 8.58. The Hall–Kier alpha value is -4.42. The van der Waals surface area contributed by atoms with E-state index >= 15 is 0 Å². The summed E-state index contributed by atoms with van der Waals surface area (Å²) in [5.74, 6) is -2.30. The highest BCUT2D eigenvalue weighted by atomic mass is 16.6. The van der Waals surface area contributed by atoms with Crippen LogP contribution in [0, 0.1) is 22.7 Å². The number of nitrogens with zero attached hydrogens (tertiary/aromatic N) is 2. The number of esters is 2. The van der Waals surface area contributed by atoms with E-state index in [9.17, 15) is 24.8 Å². The average Bonchev–Trinajstić information content (AvgIpc) is 3.63. The van der Waals surface area contributed by atoms with Crippen molar-refractivity contribution in [1.82, 2.24) is 10.3 Å². The van der Waals surface area contributed by atoms with Crippen LogP contribution >= 0.6 is 0 Å². The molecule has 0 spiro atoms. The molecule has 2 aromatic rings. The third kappa shape index (κ3) is 9.11. The van der Waals surface area contributed by atoms with E-state index in [0.717, 1.165) is 19.2 Å². The highest BCUT2D eigenvalue weighted by Crippen LogP contribution is 2.41. The van der Waals surface area contributed by atoms with Crippen molar-refractivity contribution in [3.63, 3.8) is 0 Å². The number of nitriles is 1. The van der Waals surface area contributed by atoms with Crippen molar-refractivity contribution in [3.8, 4) is 6.07 Å². The van der Waals surface area contributed by atoms with Crippen molar-refractivity contribution in [2.24, 2.45) is 16.6 Å². The van der Waals surface area contributed by atoms with Gasteiger partial charge in [-0.25, -0.2) is 4.99 Å². The monoisotopic (exact) mass is 652 g/mol. The molecule has 1 fully saturated rings. The molecule has 1 aromatic carbocycles. The van der Waals surface area contributed by atoms with E-state index in [4.69, 9.17) is 30.1 Å².